The van der Waals surface area contributed by atoms with Crippen LogP contribution in [0.3, 0.4) is 0 Å². The number of aryl methyl sites for hydroxylation is 1. The lowest BCUT2D eigenvalue weighted by molar-refractivity contribution is -0.146. The maximum atomic E-state index is 14.1. The van der Waals surface area contributed by atoms with Gasteiger partial charge in [-0.05, 0) is 18.1 Å². The average Bonchev–Trinajstić information content (AvgIpc) is 3.61. The molecule has 4 heterocycles. The topological polar surface area (TPSA) is 141 Å². The van der Waals surface area contributed by atoms with Crippen LogP contribution in [-0.4, -0.2) is 84.4 Å². The molecule has 1 fully saturated rings. The summed E-state index contributed by atoms with van der Waals surface area (Å²) < 4.78 is 1.67. The maximum absolute atomic E-state index is 14.1. The van der Waals surface area contributed by atoms with Crippen LogP contribution in [0.25, 0.3) is 0 Å². The Bertz CT molecular complexity index is 1360. The molecule has 218 valence electrons. The molecule has 0 saturated carbocycles. The fourth-order valence-corrected chi connectivity index (χ4v) is 5.28. The summed E-state index contributed by atoms with van der Waals surface area (Å²) in [5.41, 5.74) is 3.41. The number of nitrogens with one attached hydrogen (secondary N) is 3. The molecule has 12 nitrogen and oxygen atoms in total. The van der Waals surface area contributed by atoms with Gasteiger partial charge in [-0.1, -0.05) is 56.3 Å². The van der Waals surface area contributed by atoms with E-state index < -0.39 is 12.1 Å². The number of carbonyl (C=O) groups excluding carboxylic acids is 3. The Morgan fingerprint density at radius 3 is 2.61 bits per heavy atom. The third kappa shape index (κ3) is 7.18. The number of amides is 3. The molecular formula is C29H39N9O3. The van der Waals surface area contributed by atoms with E-state index in [4.69, 9.17) is 0 Å². The summed E-state index contributed by atoms with van der Waals surface area (Å²) in [5.74, 6) is -0.724. The van der Waals surface area contributed by atoms with Gasteiger partial charge in [0, 0.05) is 56.7 Å². The molecule has 1 saturated heterocycles. The van der Waals surface area contributed by atoms with E-state index in [0.717, 1.165) is 17.0 Å². The molecule has 0 spiro atoms. The molecule has 12 heteroatoms. The van der Waals surface area contributed by atoms with Gasteiger partial charge >= 0.3 is 0 Å². The van der Waals surface area contributed by atoms with Crippen molar-refractivity contribution in [1.82, 2.24) is 45.6 Å². The number of carbonyl (C=O) groups is 3. The van der Waals surface area contributed by atoms with Crippen LogP contribution in [0.15, 0.2) is 42.6 Å². The van der Waals surface area contributed by atoms with E-state index in [1.54, 1.807) is 15.8 Å². The van der Waals surface area contributed by atoms with Gasteiger partial charge in [0.1, 0.15) is 17.8 Å². The van der Waals surface area contributed by atoms with Gasteiger partial charge in [0.25, 0.3) is 0 Å². The third-order valence-electron chi connectivity index (χ3n) is 7.58. The molecular weight excluding hydrogens is 522 g/mol. The van der Waals surface area contributed by atoms with Gasteiger partial charge in [-0.3, -0.25) is 29.1 Å². The van der Waals surface area contributed by atoms with Gasteiger partial charge in [-0.15, -0.1) is 5.10 Å². The van der Waals surface area contributed by atoms with Crippen LogP contribution in [0, 0.1) is 0 Å². The lowest BCUT2D eigenvalue weighted by Crippen LogP contribution is -2.63. The molecule has 0 radical (unpaired) electrons. The summed E-state index contributed by atoms with van der Waals surface area (Å²) in [6.45, 7) is 8.92. The molecule has 2 bridgehead atoms. The first-order valence-corrected chi connectivity index (χ1v) is 14.2. The van der Waals surface area contributed by atoms with Crippen LogP contribution in [0.5, 0.6) is 0 Å². The molecule has 2 aliphatic rings. The predicted octanol–water partition coefficient (Wildman–Crippen LogP) is 1.15. The summed E-state index contributed by atoms with van der Waals surface area (Å²) in [6.07, 6.45) is 2.93. The van der Waals surface area contributed by atoms with E-state index in [9.17, 15) is 14.4 Å². The van der Waals surface area contributed by atoms with Gasteiger partial charge in [-0.25, -0.2) is 0 Å². The molecule has 0 aliphatic carbocycles. The van der Waals surface area contributed by atoms with Crippen LogP contribution < -0.4 is 10.6 Å². The molecule has 2 aliphatic heterocycles. The summed E-state index contributed by atoms with van der Waals surface area (Å²) in [6, 6.07) is 10.2. The first-order chi connectivity index (χ1) is 19.7. The van der Waals surface area contributed by atoms with Crippen molar-refractivity contribution in [3.63, 3.8) is 0 Å². The van der Waals surface area contributed by atoms with Crippen LogP contribution >= 0.6 is 0 Å². The second kappa shape index (κ2) is 12.2. The van der Waals surface area contributed by atoms with Gasteiger partial charge in [0.15, 0.2) is 0 Å². The fraction of sp³-hybridized carbons (Fsp3) is 0.517. The third-order valence-corrected chi connectivity index (χ3v) is 7.58. The minimum Gasteiger partial charge on any atom is -0.348 e. The highest BCUT2D eigenvalue weighted by molar-refractivity contribution is 5.92. The molecule has 3 aromatic rings. The lowest BCUT2D eigenvalue weighted by Gasteiger charge is -2.41. The number of rotatable bonds is 4. The second-order valence-electron chi connectivity index (χ2n) is 11.9. The first-order valence-electron chi connectivity index (χ1n) is 14.2. The molecule has 5 rings (SSSR count). The number of hydrogen-bond acceptors (Lipinski definition) is 7. The Labute approximate surface area is 239 Å². The number of nitrogens with zero attached hydrogens (tertiary/aromatic N) is 6. The SMILES string of the molecule is CC(C)(C)c1cc(CN2CCN3C(=O)[C@H](Cc4ccccc4)NC(=O)CCCn4cc(nn4)CNC(=O)[C@H]3C2)[nH]n1. The predicted molar refractivity (Wildman–Crippen MR) is 151 cm³/mol. The molecule has 3 amide bonds. The van der Waals surface area contributed by atoms with Crippen LogP contribution in [0.4, 0.5) is 0 Å². The number of aromatic nitrogens is 5. The summed E-state index contributed by atoms with van der Waals surface area (Å²) in [4.78, 5) is 44.4. The van der Waals surface area contributed by atoms with Gasteiger partial charge < -0.3 is 15.5 Å². The monoisotopic (exact) mass is 561 g/mol. The van der Waals surface area contributed by atoms with Gasteiger partial charge in [-0.2, -0.15) is 5.10 Å². The first kappa shape index (κ1) is 28.5. The number of piperazine rings is 1. The number of fused-ring (bicyclic) bond motifs is 3. The standard InChI is InChI=1S/C29H39N9O3/c1-29(2,3)25-15-21(32-34-25)17-36-12-13-38-24(19-36)27(40)30-16-22-18-37(35-33-22)11-7-10-26(39)31-23(28(38)41)14-20-8-5-4-6-9-20/h4-6,8-9,15,18,23-24H,7,10-14,16-17,19H2,1-3H3,(H,30,40)(H,31,39)(H,32,34)/t23-,24+/m0/s1. The Morgan fingerprint density at radius 2 is 1.85 bits per heavy atom. The van der Waals surface area contributed by atoms with Crippen molar-refractivity contribution >= 4 is 17.7 Å². The highest BCUT2D eigenvalue weighted by Crippen LogP contribution is 2.22. The van der Waals surface area contributed by atoms with E-state index in [1.165, 1.54) is 0 Å². The molecule has 1 aromatic carbocycles. The molecule has 0 unspecified atom stereocenters. The van der Waals surface area contributed by atoms with Crippen LogP contribution in [-0.2, 0) is 45.9 Å². The number of aromatic amines is 1. The van der Waals surface area contributed by atoms with Crippen molar-refractivity contribution < 1.29 is 14.4 Å². The maximum Gasteiger partial charge on any atom is 0.246 e. The molecule has 3 N–H and O–H groups in total. The Kier molecular flexibility index (Phi) is 8.48. The highest BCUT2D eigenvalue weighted by Gasteiger charge is 2.38. The van der Waals surface area contributed by atoms with Crippen LogP contribution in [0.2, 0.25) is 0 Å². The van der Waals surface area contributed by atoms with Crippen LogP contribution in [0.1, 0.15) is 56.3 Å². The summed E-state index contributed by atoms with van der Waals surface area (Å²) in [7, 11) is 0. The fourth-order valence-electron chi connectivity index (χ4n) is 5.28. The van der Waals surface area contributed by atoms with Gasteiger partial charge in [0.2, 0.25) is 17.7 Å². The van der Waals surface area contributed by atoms with E-state index in [2.05, 4.69) is 62.9 Å². The summed E-state index contributed by atoms with van der Waals surface area (Å²) in [5, 5.41) is 21.8. The van der Waals surface area contributed by atoms with E-state index in [0.29, 0.717) is 51.3 Å². The Hall–Kier alpha value is -4.06. The van der Waals surface area contributed by atoms with Crippen molar-refractivity contribution in [2.45, 2.75) is 77.2 Å². The largest absolute Gasteiger partial charge is 0.348 e. The number of benzene rings is 1. The van der Waals surface area contributed by atoms with Crippen molar-refractivity contribution in [2.75, 3.05) is 19.6 Å². The Morgan fingerprint density at radius 1 is 1.05 bits per heavy atom. The lowest BCUT2D eigenvalue weighted by atomic mass is 9.92. The minimum atomic E-state index is -0.781. The minimum absolute atomic E-state index is 0.0796. The quantitative estimate of drug-likeness (QED) is 0.434. The van der Waals surface area contributed by atoms with E-state index >= 15 is 0 Å². The Balaban J connectivity index is 1.39. The summed E-state index contributed by atoms with van der Waals surface area (Å²) >= 11 is 0. The second-order valence-corrected chi connectivity index (χ2v) is 11.9. The van der Waals surface area contributed by atoms with Crippen molar-refractivity contribution in [1.29, 1.82) is 0 Å². The van der Waals surface area contributed by atoms with Crippen molar-refractivity contribution in [3.05, 3.63) is 65.2 Å². The molecule has 2 atom stereocenters. The van der Waals surface area contributed by atoms with Crippen molar-refractivity contribution in [3.8, 4) is 0 Å². The van der Waals surface area contributed by atoms with Crippen molar-refractivity contribution in [2.24, 2.45) is 0 Å². The van der Waals surface area contributed by atoms with E-state index in [-0.39, 0.29) is 36.1 Å². The number of H-pyrrole nitrogens is 1. The normalized spacial score (nSPS) is 21.4. The van der Waals surface area contributed by atoms with Gasteiger partial charge in [0.05, 0.1) is 18.4 Å². The zero-order valence-electron chi connectivity index (χ0n) is 24.0. The smallest absolute Gasteiger partial charge is 0.246 e. The highest BCUT2D eigenvalue weighted by atomic mass is 16.2. The van der Waals surface area contributed by atoms with E-state index in [1.807, 2.05) is 30.3 Å². The molecule has 41 heavy (non-hydrogen) atoms. The molecule has 2 aromatic heterocycles. The number of hydrogen-bond donors (Lipinski definition) is 3. The average molecular weight is 562 g/mol. The zero-order valence-corrected chi connectivity index (χ0v) is 24.0. The zero-order chi connectivity index (χ0) is 29.0.